The fourth-order valence-electron chi connectivity index (χ4n) is 3.33. The number of halogens is 1. The third-order valence-electron chi connectivity index (χ3n) is 4.86. The van der Waals surface area contributed by atoms with Crippen LogP contribution in [0.15, 0.2) is 54.6 Å². The zero-order valence-corrected chi connectivity index (χ0v) is 16.9. The summed E-state index contributed by atoms with van der Waals surface area (Å²) in [5.74, 6) is 0.543. The number of ether oxygens (including phenoxy) is 1. The van der Waals surface area contributed by atoms with Crippen LogP contribution in [0.5, 0.6) is 5.75 Å². The first kappa shape index (κ1) is 20.6. The van der Waals surface area contributed by atoms with Crippen molar-refractivity contribution < 1.29 is 9.53 Å². The second-order valence-electron chi connectivity index (χ2n) is 7.05. The summed E-state index contributed by atoms with van der Waals surface area (Å²) in [5.41, 5.74) is 1.36. The first-order chi connectivity index (χ1) is 13.7. The molecule has 2 aromatic carbocycles. The summed E-state index contributed by atoms with van der Waals surface area (Å²) in [6, 6.07) is 17.6. The van der Waals surface area contributed by atoms with Crippen molar-refractivity contribution in [3.8, 4) is 5.75 Å². The molecule has 2 aromatic rings. The minimum absolute atomic E-state index is 0.0203. The molecule has 0 spiro atoms. The van der Waals surface area contributed by atoms with Crippen molar-refractivity contribution in [2.45, 2.75) is 13.0 Å². The Labute approximate surface area is 172 Å². The largest absolute Gasteiger partial charge is 0.484 e. The van der Waals surface area contributed by atoms with E-state index in [-0.39, 0.29) is 12.5 Å². The molecule has 0 bridgehead atoms. The summed E-state index contributed by atoms with van der Waals surface area (Å²) < 4.78 is 5.47. The van der Waals surface area contributed by atoms with E-state index in [2.05, 4.69) is 45.4 Å². The Morgan fingerprint density at radius 1 is 0.964 bits per heavy atom. The molecule has 1 fully saturated rings. The van der Waals surface area contributed by atoms with Crippen molar-refractivity contribution in [3.63, 3.8) is 0 Å². The van der Waals surface area contributed by atoms with E-state index in [1.165, 1.54) is 5.56 Å². The van der Waals surface area contributed by atoms with Crippen molar-refractivity contribution in [1.29, 1.82) is 0 Å². The first-order valence-electron chi connectivity index (χ1n) is 9.83. The van der Waals surface area contributed by atoms with Crippen LogP contribution in [0.4, 0.5) is 0 Å². The van der Waals surface area contributed by atoms with E-state index in [0.717, 1.165) is 45.7 Å². The van der Waals surface area contributed by atoms with E-state index in [4.69, 9.17) is 16.3 Å². The van der Waals surface area contributed by atoms with Crippen molar-refractivity contribution in [2.75, 3.05) is 45.9 Å². The molecule has 1 amide bonds. The molecule has 0 unspecified atom stereocenters. The monoisotopic (exact) mass is 401 g/mol. The number of nitrogens with one attached hydrogen (secondary N) is 1. The zero-order chi connectivity index (χ0) is 19.6. The van der Waals surface area contributed by atoms with Crippen molar-refractivity contribution >= 4 is 17.5 Å². The first-order valence-corrected chi connectivity index (χ1v) is 10.2. The molecule has 0 aromatic heterocycles. The van der Waals surface area contributed by atoms with Crippen LogP contribution in [0.2, 0.25) is 5.02 Å². The SMILES string of the molecule is O=C(COc1ccc(Cl)cc1)NCCN1CCCN(Cc2ccccc2)CC1. The zero-order valence-electron chi connectivity index (χ0n) is 16.1. The van der Waals surface area contributed by atoms with Gasteiger partial charge in [-0.15, -0.1) is 0 Å². The van der Waals surface area contributed by atoms with E-state index < -0.39 is 0 Å². The Kier molecular flexibility index (Phi) is 8.15. The minimum atomic E-state index is -0.101. The van der Waals surface area contributed by atoms with E-state index in [1.807, 2.05) is 0 Å². The van der Waals surface area contributed by atoms with Crippen LogP contribution in [0.1, 0.15) is 12.0 Å². The molecule has 150 valence electrons. The third kappa shape index (κ3) is 7.15. The molecule has 0 aliphatic carbocycles. The molecule has 1 aliphatic rings. The maximum absolute atomic E-state index is 12.0. The van der Waals surface area contributed by atoms with Gasteiger partial charge in [0.15, 0.2) is 6.61 Å². The number of hydrogen-bond donors (Lipinski definition) is 1. The van der Waals surface area contributed by atoms with Gasteiger partial charge < -0.3 is 15.0 Å². The molecule has 28 heavy (non-hydrogen) atoms. The maximum Gasteiger partial charge on any atom is 0.257 e. The lowest BCUT2D eigenvalue weighted by atomic mass is 10.2. The van der Waals surface area contributed by atoms with Gasteiger partial charge in [-0.25, -0.2) is 0 Å². The van der Waals surface area contributed by atoms with E-state index in [0.29, 0.717) is 17.3 Å². The summed E-state index contributed by atoms with van der Waals surface area (Å²) in [7, 11) is 0. The number of carbonyl (C=O) groups is 1. The molecule has 1 aliphatic heterocycles. The fraction of sp³-hybridized carbons (Fsp3) is 0.409. The molecule has 0 saturated carbocycles. The molecule has 0 radical (unpaired) electrons. The number of amides is 1. The van der Waals surface area contributed by atoms with Gasteiger partial charge in [-0.3, -0.25) is 9.69 Å². The Morgan fingerprint density at radius 3 is 2.46 bits per heavy atom. The van der Waals surface area contributed by atoms with E-state index >= 15 is 0 Å². The minimum Gasteiger partial charge on any atom is -0.484 e. The van der Waals surface area contributed by atoms with Crippen LogP contribution in [-0.2, 0) is 11.3 Å². The van der Waals surface area contributed by atoms with Crippen molar-refractivity contribution in [2.24, 2.45) is 0 Å². The Hall–Kier alpha value is -2.08. The third-order valence-corrected chi connectivity index (χ3v) is 5.12. The summed E-state index contributed by atoms with van der Waals surface area (Å²) in [4.78, 5) is 16.9. The molecule has 1 saturated heterocycles. The predicted molar refractivity (Wildman–Crippen MR) is 113 cm³/mol. The predicted octanol–water partition coefficient (Wildman–Crippen LogP) is 3.04. The molecule has 5 nitrogen and oxygen atoms in total. The lowest BCUT2D eigenvalue weighted by Gasteiger charge is -2.22. The summed E-state index contributed by atoms with van der Waals surface area (Å²) in [5, 5.41) is 3.59. The second kappa shape index (κ2) is 11.1. The molecule has 0 atom stereocenters. The molecule has 1 heterocycles. The highest BCUT2D eigenvalue weighted by atomic mass is 35.5. The molecular formula is C22H28ClN3O2. The van der Waals surface area contributed by atoms with Gasteiger partial charge in [0.2, 0.25) is 0 Å². The quantitative estimate of drug-likeness (QED) is 0.738. The van der Waals surface area contributed by atoms with Crippen LogP contribution < -0.4 is 10.1 Å². The Balaban J connectivity index is 1.31. The van der Waals surface area contributed by atoms with E-state index in [1.54, 1.807) is 24.3 Å². The smallest absolute Gasteiger partial charge is 0.257 e. The van der Waals surface area contributed by atoms with Gasteiger partial charge in [0.1, 0.15) is 5.75 Å². The number of nitrogens with zero attached hydrogens (tertiary/aromatic N) is 2. The number of hydrogen-bond acceptors (Lipinski definition) is 4. The Morgan fingerprint density at radius 2 is 1.68 bits per heavy atom. The highest BCUT2D eigenvalue weighted by Gasteiger charge is 2.15. The molecule has 1 N–H and O–H groups in total. The highest BCUT2D eigenvalue weighted by molar-refractivity contribution is 6.30. The Bertz CT molecular complexity index is 724. The van der Waals surface area contributed by atoms with Gasteiger partial charge >= 0.3 is 0 Å². The summed E-state index contributed by atoms with van der Waals surface area (Å²) in [6.07, 6.45) is 1.15. The van der Waals surface area contributed by atoms with Crippen LogP contribution in [0.3, 0.4) is 0 Å². The summed E-state index contributed by atoms with van der Waals surface area (Å²) >= 11 is 5.84. The number of benzene rings is 2. The average molecular weight is 402 g/mol. The lowest BCUT2D eigenvalue weighted by molar-refractivity contribution is -0.123. The fourth-order valence-corrected chi connectivity index (χ4v) is 3.46. The van der Waals surface area contributed by atoms with Crippen molar-refractivity contribution in [3.05, 3.63) is 65.2 Å². The maximum atomic E-state index is 12.0. The van der Waals surface area contributed by atoms with Gasteiger partial charge in [0, 0.05) is 37.7 Å². The molecule has 6 heteroatoms. The summed E-state index contributed by atoms with van der Waals surface area (Å²) in [6.45, 7) is 6.81. The topological polar surface area (TPSA) is 44.8 Å². The second-order valence-corrected chi connectivity index (χ2v) is 7.49. The lowest BCUT2D eigenvalue weighted by Crippen LogP contribution is -2.38. The van der Waals surface area contributed by atoms with Gasteiger partial charge in [-0.05, 0) is 49.3 Å². The van der Waals surface area contributed by atoms with Gasteiger partial charge in [-0.2, -0.15) is 0 Å². The number of carbonyl (C=O) groups excluding carboxylic acids is 1. The van der Waals surface area contributed by atoms with Crippen LogP contribution in [0.25, 0.3) is 0 Å². The van der Waals surface area contributed by atoms with Gasteiger partial charge in [0.05, 0.1) is 0 Å². The van der Waals surface area contributed by atoms with Crippen LogP contribution in [0, 0.1) is 0 Å². The average Bonchev–Trinajstić information content (AvgIpc) is 2.94. The highest BCUT2D eigenvalue weighted by Crippen LogP contribution is 2.15. The van der Waals surface area contributed by atoms with Crippen LogP contribution >= 0.6 is 11.6 Å². The standard InChI is InChI=1S/C22H28ClN3O2/c23-20-7-9-21(10-8-20)28-18-22(27)24-11-14-25-12-4-13-26(16-15-25)17-19-5-2-1-3-6-19/h1-3,5-10H,4,11-18H2,(H,24,27). The van der Waals surface area contributed by atoms with Crippen molar-refractivity contribution in [1.82, 2.24) is 15.1 Å². The molecule has 3 rings (SSSR count). The number of rotatable bonds is 8. The van der Waals surface area contributed by atoms with E-state index in [9.17, 15) is 4.79 Å². The van der Waals surface area contributed by atoms with Gasteiger partial charge in [-0.1, -0.05) is 41.9 Å². The van der Waals surface area contributed by atoms with Crippen LogP contribution in [-0.4, -0.2) is 61.6 Å². The van der Waals surface area contributed by atoms with Gasteiger partial charge in [0.25, 0.3) is 5.91 Å². The normalized spacial score (nSPS) is 15.8. The molecular weight excluding hydrogens is 374 g/mol.